The van der Waals surface area contributed by atoms with Gasteiger partial charge >= 0.3 is 12.1 Å². The molecule has 6 heteroatoms. The average molecular weight is 275 g/mol. The number of esters is 1. The Labute approximate surface area is 109 Å². The van der Waals surface area contributed by atoms with E-state index in [1.165, 1.54) is 19.1 Å². The lowest BCUT2D eigenvalue weighted by molar-refractivity contribution is -0.142. The summed E-state index contributed by atoms with van der Waals surface area (Å²) in [5.74, 6) is -0.530. The Hall–Kier alpha value is -1.72. The van der Waals surface area contributed by atoms with E-state index < -0.39 is 17.7 Å². The molecular weight excluding hydrogens is 259 g/mol. The van der Waals surface area contributed by atoms with Crippen LogP contribution in [0.15, 0.2) is 18.2 Å². The summed E-state index contributed by atoms with van der Waals surface area (Å²) < 4.78 is 43.5. The lowest BCUT2D eigenvalue weighted by Crippen LogP contribution is -2.16. The van der Waals surface area contributed by atoms with Crippen LogP contribution in [-0.2, 0) is 22.3 Å². The van der Waals surface area contributed by atoms with Crippen LogP contribution in [0.5, 0.6) is 0 Å². The topological polar surface area (TPSA) is 38.3 Å². The first kappa shape index (κ1) is 15.3. The maximum Gasteiger partial charge on any atom is 0.418 e. The van der Waals surface area contributed by atoms with Gasteiger partial charge in [0.2, 0.25) is 0 Å². The van der Waals surface area contributed by atoms with Crippen molar-refractivity contribution in [3.8, 4) is 0 Å². The lowest BCUT2D eigenvalue weighted by Gasteiger charge is -2.18. The Bertz CT molecular complexity index is 456. The first-order valence-corrected chi connectivity index (χ1v) is 5.80. The van der Waals surface area contributed by atoms with E-state index in [1.54, 1.807) is 13.8 Å². The van der Waals surface area contributed by atoms with E-state index in [1.807, 2.05) is 0 Å². The van der Waals surface area contributed by atoms with Gasteiger partial charge in [-0.3, -0.25) is 4.79 Å². The third-order valence-electron chi connectivity index (χ3n) is 2.28. The molecule has 0 saturated heterocycles. The zero-order valence-corrected chi connectivity index (χ0v) is 11.0. The molecule has 1 rings (SSSR count). The Kier molecular flexibility index (Phi) is 4.80. The quantitative estimate of drug-likeness (QED) is 0.853. The molecule has 106 valence electrons. The predicted molar refractivity (Wildman–Crippen MR) is 65.7 cm³/mol. The van der Waals surface area contributed by atoms with E-state index in [9.17, 15) is 18.0 Å². The van der Waals surface area contributed by atoms with Crippen LogP contribution in [-0.4, -0.2) is 12.0 Å². The molecule has 1 N–H and O–H groups in total. The normalized spacial score (nSPS) is 11.5. The molecule has 0 aliphatic carbocycles. The fourth-order valence-corrected chi connectivity index (χ4v) is 1.54. The highest BCUT2D eigenvalue weighted by Gasteiger charge is 2.34. The largest absolute Gasteiger partial charge is 0.461 e. The van der Waals surface area contributed by atoms with Crippen LogP contribution < -0.4 is 5.32 Å². The summed E-state index contributed by atoms with van der Waals surface area (Å²) in [6.45, 7) is 4.56. The van der Waals surface area contributed by atoms with Gasteiger partial charge in [0.25, 0.3) is 0 Å². The molecule has 0 amide bonds. The highest BCUT2D eigenvalue weighted by molar-refractivity contribution is 5.66. The number of hydrogen-bond donors (Lipinski definition) is 1. The second-order valence-electron chi connectivity index (χ2n) is 4.46. The van der Waals surface area contributed by atoms with Crippen LogP contribution in [0.4, 0.5) is 18.9 Å². The summed E-state index contributed by atoms with van der Waals surface area (Å²) in [7, 11) is 0. The summed E-state index contributed by atoms with van der Waals surface area (Å²) in [4.78, 5) is 10.7. The molecule has 0 atom stereocenters. The Morgan fingerprint density at radius 1 is 1.37 bits per heavy atom. The number of carbonyl (C=O) groups excluding carboxylic acids is 1. The minimum atomic E-state index is -4.45. The molecule has 0 spiro atoms. The zero-order chi connectivity index (χ0) is 14.6. The van der Waals surface area contributed by atoms with Gasteiger partial charge in [-0.05, 0) is 31.5 Å². The standard InChI is InChI=1S/C13H16F3NO2/c1-8(2)17-12-5-4-10(7-19-9(3)18)6-11(12)13(14,15)16/h4-6,8,17H,7H2,1-3H3. The minimum absolute atomic E-state index is 0.0223. The molecule has 3 nitrogen and oxygen atoms in total. The van der Waals surface area contributed by atoms with Crippen molar-refractivity contribution in [3.63, 3.8) is 0 Å². The maximum atomic E-state index is 12.9. The fourth-order valence-electron chi connectivity index (χ4n) is 1.54. The maximum absolute atomic E-state index is 12.9. The van der Waals surface area contributed by atoms with Gasteiger partial charge < -0.3 is 10.1 Å². The molecule has 0 saturated carbocycles. The highest BCUT2D eigenvalue weighted by atomic mass is 19.4. The van der Waals surface area contributed by atoms with Crippen molar-refractivity contribution >= 4 is 11.7 Å². The van der Waals surface area contributed by atoms with Gasteiger partial charge in [-0.25, -0.2) is 0 Å². The number of hydrogen-bond acceptors (Lipinski definition) is 3. The molecule has 0 unspecified atom stereocenters. The van der Waals surface area contributed by atoms with E-state index in [4.69, 9.17) is 0 Å². The van der Waals surface area contributed by atoms with Crippen molar-refractivity contribution in [3.05, 3.63) is 29.3 Å². The van der Waals surface area contributed by atoms with E-state index >= 15 is 0 Å². The van der Waals surface area contributed by atoms with E-state index in [0.717, 1.165) is 6.07 Å². The zero-order valence-electron chi connectivity index (χ0n) is 11.0. The highest BCUT2D eigenvalue weighted by Crippen LogP contribution is 2.35. The number of carbonyl (C=O) groups is 1. The third kappa shape index (κ3) is 4.81. The second kappa shape index (κ2) is 5.95. The lowest BCUT2D eigenvalue weighted by atomic mass is 10.1. The van der Waals surface area contributed by atoms with Gasteiger partial charge in [0.15, 0.2) is 0 Å². The fraction of sp³-hybridized carbons (Fsp3) is 0.462. The smallest absolute Gasteiger partial charge is 0.418 e. The molecule has 0 aliphatic rings. The number of rotatable bonds is 4. The molecular formula is C13H16F3NO2. The van der Waals surface area contributed by atoms with Crippen LogP contribution in [0, 0.1) is 0 Å². The number of benzene rings is 1. The van der Waals surface area contributed by atoms with Gasteiger partial charge in [-0.2, -0.15) is 13.2 Å². The summed E-state index contributed by atoms with van der Waals surface area (Å²) in [6.07, 6.45) is -4.45. The van der Waals surface area contributed by atoms with Gasteiger partial charge in [0, 0.05) is 18.7 Å². The minimum Gasteiger partial charge on any atom is -0.461 e. The number of anilines is 1. The summed E-state index contributed by atoms with van der Waals surface area (Å²) in [5.41, 5.74) is -0.434. The number of ether oxygens (including phenoxy) is 1. The van der Waals surface area contributed by atoms with Crippen LogP contribution in [0.3, 0.4) is 0 Å². The Balaban J connectivity index is 3.05. The SMILES string of the molecule is CC(=O)OCc1ccc(NC(C)C)c(C(F)(F)F)c1. The van der Waals surface area contributed by atoms with Crippen LogP contribution in [0.2, 0.25) is 0 Å². The van der Waals surface area contributed by atoms with E-state index in [2.05, 4.69) is 10.1 Å². The third-order valence-corrected chi connectivity index (χ3v) is 2.28. The summed E-state index contributed by atoms with van der Waals surface area (Å²) in [5, 5.41) is 2.74. The first-order chi connectivity index (χ1) is 8.70. The van der Waals surface area contributed by atoms with Crippen molar-refractivity contribution < 1.29 is 22.7 Å². The Morgan fingerprint density at radius 2 is 2.00 bits per heavy atom. The number of halogens is 3. The van der Waals surface area contributed by atoms with Gasteiger partial charge in [-0.1, -0.05) is 6.07 Å². The predicted octanol–water partition coefficient (Wildman–Crippen LogP) is 3.59. The van der Waals surface area contributed by atoms with Crippen molar-refractivity contribution in [2.45, 2.75) is 39.6 Å². The van der Waals surface area contributed by atoms with E-state index in [-0.39, 0.29) is 18.3 Å². The average Bonchev–Trinajstić information content (AvgIpc) is 2.25. The number of nitrogens with one attached hydrogen (secondary N) is 1. The van der Waals surface area contributed by atoms with E-state index in [0.29, 0.717) is 5.56 Å². The van der Waals surface area contributed by atoms with Gasteiger partial charge in [0.1, 0.15) is 6.61 Å². The molecule has 1 aromatic carbocycles. The van der Waals surface area contributed by atoms with Crippen molar-refractivity contribution in [1.82, 2.24) is 0 Å². The summed E-state index contributed by atoms with van der Waals surface area (Å²) in [6, 6.07) is 3.73. The van der Waals surface area contributed by atoms with Crippen LogP contribution >= 0.6 is 0 Å². The molecule has 0 bridgehead atoms. The Morgan fingerprint density at radius 3 is 2.47 bits per heavy atom. The molecule has 0 aromatic heterocycles. The molecule has 0 fully saturated rings. The van der Waals surface area contributed by atoms with Gasteiger partial charge in [-0.15, -0.1) is 0 Å². The van der Waals surface area contributed by atoms with Crippen LogP contribution in [0.1, 0.15) is 31.9 Å². The molecule has 1 aromatic rings. The first-order valence-electron chi connectivity index (χ1n) is 5.80. The summed E-state index contributed by atoms with van der Waals surface area (Å²) >= 11 is 0. The molecule has 0 aliphatic heterocycles. The van der Waals surface area contributed by atoms with Gasteiger partial charge in [0.05, 0.1) is 5.56 Å². The van der Waals surface area contributed by atoms with Crippen molar-refractivity contribution in [2.24, 2.45) is 0 Å². The monoisotopic (exact) mass is 275 g/mol. The van der Waals surface area contributed by atoms with Crippen molar-refractivity contribution in [2.75, 3.05) is 5.32 Å². The molecule has 0 radical (unpaired) electrons. The second-order valence-corrected chi connectivity index (χ2v) is 4.46. The van der Waals surface area contributed by atoms with Crippen molar-refractivity contribution in [1.29, 1.82) is 0 Å². The number of alkyl halides is 3. The molecule has 0 heterocycles. The molecule has 19 heavy (non-hydrogen) atoms. The van der Waals surface area contributed by atoms with Crippen LogP contribution in [0.25, 0.3) is 0 Å².